The molecule has 1 aliphatic heterocycles. The van der Waals surface area contributed by atoms with E-state index in [1.54, 1.807) is 0 Å². The molecule has 0 saturated carbocycles. The van der Waals surface area contributed by atoms with Crippen LogP contribution < -0.4 is 4.90 Å². The summed E-state index contributed by atoms with van der Waals surface area (Å²) in [5, 5.41) is 4.15. The van der Waals surface area contributed by atoms with Crippen LogP contribution in [0.3, 0.4) is 0 Å². The third-order valence-electron chi connectivity index (χ3n) is 5.18. The van der Waals surface area contributed by atoms with Crippen molar-refractivity contribution >= 4 is 11.6 Å². The standard InChI is InChI=1S/C22H23N3O2/c1-4-16-6-8-17(9-7-16)22-23-21(24-27-22)18-12-20(26)25(13-18)19-10-5-14(2)11-15(19)3/h5-11,18H,4,12-13H2,1-3H3. The van der Waals surface area contributed by atoms with E-state index in [1.165, 1.54) is 11.1 Å². The van der Waals surface area contributed by atoms with Crippen LogP contribution in [-0.4, -0.2) is 22.6 Å². The molecular formula is C22H23N3O2. The lowest BCUT2D eigenvalue weighted by Crippen LogP contribution is -2.25. The van der Waals surface area contributed by atoms with Crippen LogP contribution in [0.4, 0.5) is 5.69 Å². The topological polar surface area (TPSA) is 59.2 Å². The van der Waals surface area contributed by atoms with E-state index in [0.717, 1.165) is 23.2 Å². The molecule has 3 aromatic rings. The van der Waals surface area contributed by atoms with Gasteiger partial charge in [0.1, 0.15) is 0 Å². The van der Waals surface area contributed by atoms with Crippen LogP contribution in [-0.2, 0) is 11.2 Å². The maximum Gasteiger partial charge on any atom is 0.257 e. The van der Waals surface area contributed by atoms with Gasteiger partial charge in [0.15, 0.2) is 5.82 Å². The summed E-state index contributed by atoms with van der Waals surface area (Å²) in [6, 6.07) is 14.3. The molecule has 1 aliphatic rings. The van der Waals surface area contributed by atoms with Crippen LogP contribution >= 0.6 is 0 Å². The normalized spacial score (nSPS) is 16.9. The Morgan fingerprint density at radius 2 is 1.93 bits per heavy atom. The minimum Gasteiger partial charge on any atom is -0.334 e. The molecule has 1 unspecified atom stereocenters. The number of rotatable bonds is 4. The summed E-state index contributed by atoms with van der Waals surface area (Å²) >= 11 is 0. The van der Waals surface area contributed by atoms with Crippen molar-refractivity contribution in [2.45, 2.75) is 39.5 Å². The van der Waals surface area contributed by atoms with Crippen molar-refractivity contribution in [3.05, 3.63) is 65.0 Å². The van der Waals surface area contributed by atoms with E-state index in [0.29, 0.717) is 24.7 Å². The summed E-state index contributed by atoms with van der Waals surface area (Å²) in [7, 11) is 0. The zero-order chi connectivity index (χ0) is 19.0. The molecular weight excluding hydrogens is 338 g/mol. The Hall–Kier alpha value is -2.95. The third kappa shape index (κ3) is 3.37. The van der Waals surface area contributed by atoms with Crippen LogP contribution in [0.15, 0.2) is 47.0 Å². The highest BCUT2D eigenvalue weighted by atomic mass is 16.5. The number of hydrogen-bond acceptors (Lipinski definition) is 4. The second-order valence-corrected chi connectivity index (χ2v) is 7.20. The van der Waals surface area contributed by atoms with Crippen molar-refractivity contribution in [2.24, 2.45) is 0 Å². The number of amides is 1. The number of aryl methyl sites for hydroxylation is 3. The zero-order valence-corrected chi connectivity index (χ0v) is 15.9. The Bertz CT molecular complexity index is 975. The van der Waals surface area contributed by atoms with E-state index in [9.17, 15) is 4.79 Å². The van der Waals surface area contributed by atoms with Gasteiger partial charge < -0.3 is 9.42 Å². The number of anilines is 1. The molecule has 0 N–H and O–H groups in total. The van der Waals surface area contributed by atoms with E-state index in [1.807, 2.05) is 36.1 Å². The van der Waals surface area contributed by atoms with Gasteiger partial charge in [-0.15, -0.1) is 0 Å². The third-order valence-corrected chi connectivity index (χ3v) is 5.18. The molecule has 2 heterocycles. The molecule has 0 bridgehead atoms. The van der Waals surface area contributed by atoms with Crippen molar-refractivity contribution < 1.29 is 9.32 Å². The van der Waals surface area contributed by atoms with Crippen LogP contribution in [0.25, 0.3) is 11.5 Å². The molecule has 0 spiro atoms. The molecule has 4 rings (SSSR count). The summed E-state index contributed by atoms with van der Waals surface area (Å²) in [5.74, 6) is 1.16. The second kappa shape index (κ2) is 6.99. The summed E-state index contributed by atoms with van der Waals surface area (Å²) in [6.45, 7) is 6.80. The highest BCUT2D eigenvalue weighted by Crippen LogP contribution is 2.33. The summed E-state index contributed by atoms with van der Waals surface area (Å²) in [4.78, 5) is 19.0. The van der Waals surface area contributed by atoms with Crippen LogP contribution in [0.2, 0.25) is 0 Å². The average molecular weight is 361 g/mol. The molecule has 1 atom stereocenters. The highest BCUT2D eigenvalue weighted by molar-refractivity contribution is 5.97. The van der Waals surface area contributed by atoms with Crippen molar-refractivity contribution in [3.63, 3.8) is 0 Å². The van der Waals surface area contributed by atoms with Crippen LogP contribution in [0, 0.1) is 13.8 Å². The van der Waals surface area contributed by atoms with Gasteiger partial charge in [0, 0.05) is 30.1 Å². The Kier molecular flexibility index (Phi) is 4.52. The van der Waals surface area contributed by atoms with E-state index >= 15 is 0 Å². The van der Waals surface area contributed by atoms with Gasteiger partial charge in [-0.25, -0.2) is 0 Å². The Balaban J connectivity index is 1.54. The number of benzene rings is 2. The highest BCUT2D eigenvalue weighted by Gasteiger charge is 2.35. The molecule has 1 amide bonds. The Morgan fingerprint density at radius 3 is 2.63 bits per heavy atom. The van der Waals surface area contributed by atoms with Gasteiger partial charge in [-0.2, -0.15) is 4.98 Å². The SMILES string of the molecule is CCc1ccc(-c2nc(C3CC(=O)N(c4ccc(C)cc4C)C3)no2)cc1. The van der Waals surface area contributed by atoms with Gasteiger partial charge in [0.2, 0.25) is 5.91 Å². The van der Waals surface area contributed by atoms with E-state index in [4.69, 9.17) is 4.52 Å². The van der Waals surface area contributed by atoms with Gasteiger partial charge in [0.05, 0.1) is 0 Å². The number of hydrogen-bond donors (Lipinski definition) is 0. The first kappa shape index (κ1) is 17.5. The van der Waals surface area contributed by atoms with Gasteiger partial charge in [0.25, 0.3) is 5.89 Å². The average Bonchev–Trinajstić information content (AvgIpc) is 3.29. The molecule has 1 saturated heterocycles. The predicted molar refractivity (Wildman–Crippen MR) is 105 cm³/mol. The van der Waals surface area contributed by atoms with Gasteiger partial charge in [-0.1, -0.05) is 41.9 Å². The molecule has 0 aliphatic carbocycles. The minimum atomic E-state index is -0.0504. The minimum absolute atomic E-state index is 0.0504. The first-order valence-electron chi connectivity index (χ1n) is 9.35. The van der Waals surface area contributed by atoms with Crippen molar-refractivity contribution in [1.29, 1.82) is 0 Å². The molecule has 27 heavy (non-hydrogen) atoms. The maximum atomic E-state index is 12.6. The number of carbonyl (C=O) groups excluding carboxylic acids is 1. The van der Waals surface area contributed by atoms with Crippen molar-refractivity contribution in [1.82, 2.24) is 10.1 Å². The Morgan fingerprint density at radius 1 is 1.15 bits per heavy atom. The van der Waals surface area contributed by atoms with E-state index in [2.05, 4.69) is 42.2 Å². The maximum absolute atomic E-state index is 12.6. The van der Waals surface area contributed by atoms with Crippen LogP contribution in [0.1, 0.15) is 41.8 Å². The molecule has 138 valence electrons. The molecule has 0 radical (unpaired) electrons. The molecule has 1 fully saturated rings. The van der Waals surface area contributed by atoms with Crippen LogP contribution in [0.5, 0.6) is 0 Å². The van der Waals surface area contributed by atoms with Crippen molar-refractivity contribution in [3.8, 4) is 11.5 Å². The Labute approximate surface area is 159 Å². The summed E-state index contributed by atoms with van der Waals surface area (Å²) < 4.78 is 5.46. The lowest BCUT2D eigenvalue weighted by atomic mass is 10.1. The first-order valence-corrected chi connectivity index (χ1v) is 9.35. The number of carbonyl (C=O) groups is 1. The molecule has 5 heteroatoms. The monoisotopic (exact) mass is 361 g/mol. The lowest BCUT2D eigenvalue weighted by Gasteiger charge is -2.19. The fourth-order valence-corrected chi connectivity index (χ4v) is 3.62. The van der Waals surface area contributed by atoms with Gasteiger partial charge in [-0.05, 0) is 49.6 Å². The zero-order valence-electron chi connectivity index (χ0n) is 15.9. The quantitative estimate of drug-likeness (QED) is 0.689. The number of aromatic nitrogens is 2. The number of nitrogens with zero attached hydrogens (tertiary/aromatic N) is 3. The lowest BCUT2D eigenvalue weighted by molar-refractivity contribution is -0.117. The fourth-order valence-electron chi connectivity index (χ4n) is 3.62. The second-order valence-electron chi connectivity index (χ2n) is 7.20. The smallest absolute Gasteiger partial charge is 0.257 e. The summed E-state index contributed by atoms with van der Waals surface area (Å²) in [6.07, 6.45) is 1.40. The predicted octanol–water partition coefficient (Wildman–Crippen LogP) is 4.44. The molecule has 1 aromatic heterocycles. The summed E-state index contributed by atoms with van der Waals surface area (Å²) in [5.41, 5.74) is 5.43. The first-order chi connectivity index (χ1) is 13.0. The van der Waals surface area contributed by atoms with Gasteiger partial charge in [-0.3, -0.25) is 4.79 Å². The van der Waals surface area contributed by atoms with Crippen molar-refractivity contribution in [2.75, 3.05) is 11.4 Å². The van der Waals surface area contributed by atoms with E-state index in [-0.39, 0.29) is 11.8 Å². The molecule has 5 nitrogen and oxygen atoms in total. The molecule has 2 aromatic carbocycles. The van der Waals surface area contributed by atoms with Gasteiger partial charge >= 0.3 is 0 Å². The fraction of sp³-hybridized carbons (Fsp3) is 0.318. The van der Waals surface area contributed by atoms with E-state index < -0.39 is 0 Å². The largest absolute Gasteiger partial charge is 0.334 e.